The third-order valence-corrected chi connectivity index (χ3v) is 3.26. The second-order valence-electron chi connectivity index (χ2n) is 4.73. The van der Waals surface area contributed by atoms with Crippen LogP contribution in [0.3, 0.4) is 0 Å². The van der Waals surface area contributed by atoms with Crippen molar-refractivity contribution < 1.29 is 10.2 Å². The van der Waals surface area contributed by atoms with E-state index in [-0.39, 0.29) is 18.6 Å². The lowest BCUT2D eigenvalue weighted by molar-refractivity contribution is 0.0369. The molecular weight excluding hydrogens is 188 g/mol. The SMILES string of the molecule is CCCCCCCC(CO)(CO)CCC. The van der Waals surface area contributed by atoms with Crippen molar-refractivity contribution in [1.82, 2.24) is 0 Å². The third kappa shape index (κ3) is 6.16. The molecule has 92 valence electrons. The van der Waals surface area contributed by atoms with Gasteiger partial charge in [0.05, 0.1) is 13.2 Å². The molecule has 2 heteroatoms. The number of rotatable bonds is 10. The number of unbranched alkanes of at least 4 members (excludes halogenated alkanes) is 4. The Kier molecular flexibility index (Phi) is 9.12. The fourth-order valence-corrected chi connectivity index (χ4v) is 2.13. The van der Waals surface area contributed by atoms with Gasteiger partial charge in [0.25, 0.3) is 0 Å². The van der Waals surface area contributed by atoms with E-state index in [0.29, 0.717) is 0 Å². The molecule has 15 heavy (non-hydrogen) atoms. The summed E-state index contributed by atoms with van der Waals surface area (Å²) in [6, 6.07) is 0. The minimum Gasteiger partial charge on any atom is -0.396 e. The van der Waals surface area contributed by atoms with Crippen molar-refractivity contribution in [3.63, 3.8) is 0 Å². The summed E-state index contributed by atoms with van der Waals surface area (Å²) in [5.74, 6) is 0. The summed E-state index contributed by atoms with van der Waals surface area (Å²) < 4.78 is 0. The van der Waals surface area contributed by atoms with Crippen LogP contribution in [0.15, 0.2) is 0 Å². The van der Waals surface area contributed by atoms with Gasteiger partial charge in [0.2, 0.25) is 0 Å². The van der Waals surface area contributed by atoms with Gasteiger partial charge >= 0.3 is 0 Å². The lowest BCUT2D eigenvalue weighted by atomic mass is 9.80. The van der Waals surface area contributed by atoms with Crippen LogP contribution in [0.5, 0.6) is 0 Å². The highest BCUT2D eigenvalue weighted by Crippen LogP contribution is 2.29. The van der Waals surface area contributed by atoms with E-state index in [4.69, 9.17) is 0 Å². The molecule has 0 spiro atoms. The second-order valence-corrected chi connectivity index (χ2v) is 4.73. The van der Waals surface area contributed by atoms with Crippen LogP contribution in [0.1, 0.15) is 65.2 Å². The van der Waals surface area contributed by atoms with Crippen LogP contribution in [-0.4, -0.2) is 23.4 Å². The van der Waals surface area contributed by atoms with Gasteiger partial charge in [-0.05, 0) is 12.8 Å². The summed E-state index contributed by atoms with van der Waals surface area (Å²) in [4.78, 5) is 0. The summed E-state index contributed by atoms with van der Waals surface area (Å²) in [5, 5.41) is 18.7. The molecule has 0 unspecified atom stereocenters. The highest BCUT2D eigenvalue weighted by molar-refractivity contribution is 4.77. The van der Waals surface area contributed by atoms with Gasteiger partial charge in [-0.2, -0.15) is 0 Å². The van der Waals surface area contributed by atoms with E-state index >= 15 is 0 Å². The largest absolute Gasteiger partial charge is 0.396 e. The predicted molar refractivity (Wildman–Crippen MR) is 64.9 cm³/mol. The molecule has 0 atom stereocenters. The van der Waals surface area contributed by atoms with Crippen LogP contribution < -0.4 is 0 Å². The van der Waals surface area contributed by atoms with Crippen molar-refractivity contribution >= 4 is 0 Å². The van der Waals surface area contributed by atoms with Crippen molar-refractivity contribution in [3.8, 4) is 0 Å². The van der Waals surface area contributed by atoms with Crippen molar-refractivity contribution in [2.45, 2.75) is 65.2 Å². The molecule has 0 aromatic carbocycles. The Balaban J connectivity index is 3.74. The molecule has 2 nitrogen and oxygen atoms in total. The first-order valence-electron chi connectivity index (χ1n) is 6.46. The minimum absolute atomic E-state index is 0.130. The van der Waals surface area contributed by atoms with E-state index in [1.54, 1.807) is 0 Å². The average molecular weight is 216 g/mol. The first-order valence-corrected chi connectivity index (χ1v) is 6.46. The molecule has 0 saturated heterocycles. The Morgan fingerprint density at radius 1 is 0.733 bits per heavy atom. The lowest BCUT2D eigenvalue weighted by Gasteiger charge is -2.29. The maximum Gasteiger partial charge on any atom is 0.0509 e. The molecule has 0 rings (SSSR count). The molecule has 0 fully saturated rings. The van der Waals surface area contributed by atoms with E-state index in [9.17, 15) is 10.2 Å². The Morgan fingerprint density at radius 3 is 1.80 bits per heavy atom. The Hall–Kier alpha value is -0.0800. The van der Waals surface area contributed by atoms with E-state index in [1.165, 1.54) is 25.7 Å². The van der Waals surface area contributed by atoms with Crippen molar-refractivity contribution in [2.24, 2.45) is 5.41 Å². The molecule has 0 amide bonds. The van der Waals surface area contributed by atoms with Gasteiger partial charge in [-0.1, -0.05) is 52.4 Å². The topological polar surface area (TPSA) is 40.5 Å². The van der Waals surface area contributed by atoms with Crippen molar-refractivity contribution in [1.29, 1.82) is 0 Å². The van der Waals surface area contributed by atoms with E-state index in [2.05, 4.69) is 13.8 Å². The van der Waals surface area contributed by atoms with Crippen LogP contribution in [-0.2, 0) is 0 Å². The molecule has 0 aliphatic carbocycles. The first kappa shape index (κ1) is 14.9. The van der Waals surface area contributed by atoms with Crippen molar-refractivity contribution in [2.75, 3.05) is 13.2 Å². The second kappa shape index (κ2) is 9.17. The molecule has 0 radical (unpaired) electrons. The summed E-state index contributed by atoms with van der Waals surface area (Å²) in [6.45, 7) is 4.58. The minimum atomic E-state index is -0.207. The lowest BCUT2D eigenvalue weighted by Crippen LogP contribution is -2.29. The summed E-state index contributed by atoms with van der Waals surface area (Å²) in [6.07, 6.45) is 9.18. The number of hydrogen-bond donors (Lipinski definition) is 2. The van der Waals surface area contributed by atoms with Crippen LogP contribution in [0.25, 0.3) is 0 Å². The van der Waals surface area contributed by atoms with Crippen LogP contribution >= 0.6 is 0 Å². The van der Waals surface area contributed by atoms with E-state index in [1.807, 2.05) is 0 Å². The normalized spacial score (nSPS) is 12.0. The molecule has 0 heterocycles. The first-order chi connectivity index (χ1) is 7.24. The van der Waals surface area contributed by atoms with E-state index < -0.39 is 0 Å². The standard InChI is InChI=1S/C13H28O2/c1-3-5-6-7-8-10-13(11-14,12-15)9-4-2/h14-15H,3-12H2,1-2H3. The number of hydrogen-bond acceptors (Lipinski definition) is 2. The maximum absolute atomic E-state index is 9.35. The molecule has 0 saturated carbocycles. The number of aliphatic hydroxyl groups is 2. The monoisotopic (exact) mass is 216 g/mol. The highest BCUT2D eigenvalue weighted by Gasteiger charge is 2.26. The van der Waals surface area contributed by atoms with E-state index in [0.717, 1.165) is 25.7 Å². The molecule has 0 aliphatic rings. The fraction of sp³-hybridized carbons (Fsp3) is 1.00. The fourth-order valence-electron chi connectivity index (χ4n) is 2.13. The van der Waals surface area contributed by atoms with Gasteiger partial charge in [0.1, 0.15) is 0 Å². The van der Waals surface area contributed by atoms with Crippen LogP contribution in [0.4, 0.5) is 0 Å². The number of aliphatic hydroxyl groups excluding tert-OH is 2. The van der Waals surface area contributed by atoms with Crippen LogP contribution in [0.2, 0.25) is 0 Å². The zero-order chi connectivity index (χ0) is 11.6. The molecule has 0 aromatic rings. The predicted octanol–water partition coefficient (Wildman–Crippen LogP) is 3.12. The molecule has 0 bridgehead atoms. The van der Waals surface area contributed by atoms with Gasteiger partial charge in [-0.3, -0.25) is 0 Å². The van der Waals surface area contributed by atoms with Gasteiger partial charge in [0, 0.05) is 5.41 Å². The van der Waals surface area contributed by atoms with Crippen LogP contribution in [0, 0.1) is 5.41 Å². The highest BCUT2D eigenvalue weighted by atomic mass is 16.3. The molecular formula is C13H28O2. The molecule has 2 N–H and O–H groups in total. The quantitative estimate of drug-likeness (QED) is 0.551. The van der Waals surface area contributed by atoms with Gasteiger partial charge in [0.15, 0.2) is 0 Å². The smallest absolute Gasteiger partial charge is 0.0509 e. The third-order valence-electron chi connectivity index (χ3n) is 3.26. The average Bonchev–Trinajstić information content (AvgIpc) is 2.27. The zero-order valence-electron chi connectivity index (χ0n) is 10.5. The van der Waals surface area contributed by atoms with Crippen molar-refractivity contribution in [3.05, 3.63) is 0 Å². The van der Waals surface area contributed by atoms with Gasteiger partial charge < -0.3 is 10.2 Å². The Morgan fingerprint density at radius 2 is 1.33 bits per heavy atom. The Labute approximate surface area is 94.7 Å². The van der Waals surface area contributed by atoms with Gasteiger partial charge in [-0.15, -0.1) is 0 Å². The van der Waals surface area contributed by atoms with Gasteiger partial charge in [-0.25, -0.2) is 0 Å². The molecule has 0 aliphatic heterocycles. The summed E-state index contributed by atoms with van der Waals surface area (Å²) in [5.41, 5.74) is -0.207. The zero-order valence-corrected chi connectivity index (χ0v) is 10.5. The Bertz CT molecular complexity index is 130. The molecule has 0 aromatic heterocycles. The maximum atomic E-state index is 9.35. The summed E-state index contributed by atoms with van der Waals surface area (Å²) in [7, 11) is 0. The summed E-state index contributed by atoms with van der Waals surface area (Å²) >= 11 is 0.